The van der Waals surface area contributed by atoms with Gasteiger partial charge in [-0.3, -0.25) is 4.79 Å². The molecule has 8 nitrogen and oxygen atoms in total. The standard InChI is InChI=1S/C36H49ClN2O6S/c1-24-7-5-17-36(42,16-3-4-18-40)31-12-9-28(31)21-39-22-35(15-6-8-26-19-29(37)11-13-30(26)35)23-45-33-14-10-27(20-32(33)39)34(41)38-46(43,44)25(24)2/h10-11,13-14,19-20,24-25,28,31,40,42H,3-9,12,15-18,21-23H2,1-2H3,(H,38,41)/t24-,25+,28-,31+,35-,36?/m0/s1. The maximum absolute atomic E-state index is 13.5. The van der Waals surface area contributed by atoms with Crippen LogP contribution in [0.15, 0.2) is 36.4 Å². The Hall–Kier alpha value is -2.33. The van der Waals surface area contributed by atoms with Crippen molar-refractivity contribution in [1.29, 1.82) is 0 Å². The molecule has 2 aliphatic heterocycles. The molecule has 1 amide bonds. The van der Waals surface area contributed by atoms with Crippen LogP contribution in [0.4, 0.5) is 5.69 Å². The molecule has 0 radical (unpaired) electrons. The van der Waals surface area contributed by atoms with Gasteiger partial charge in [-0.2, -0.15) is 0 Å². The lowest BCUT2D eigenvalue weighted by atomic mass is 9.61. The van der Waals surface area contributed by atoms with Crippen LogP contribution < -0.4 is 14.4 Å². The Morgan fingerprint density at radius 1 is 1.07 bits per heavy atom. The number of aliphatic hydroxyl groups is 2. The summed E-state index contributed by atoms with van der Waals surface area (Å²) in [6, 6.07) is 11.4. The van der Waals surface area contributed by atoms with E-state index < -0.39 is 26.8 Å². The molecule has 3 N–H and O–H groups in total. The summed E-state index contributed by atoms with van der Waals surface area (Å²) in [6.45, 7) is 5.52. The summed E-state index contributed by atoms with van der Waals surface area (Å²) in [5.41, 5.74) is 2.39. The molecule has 0 aromatic heterocycles. The van der Waals surface area contributed by atoms with E-state index in [1.807, 2.05) is 13.0 Å². The first kappa shape index (κ1) is 33.6. The van der Waals surface area contributed by atoms with Gasteiger partial charge in [-0.25, -0.2) is 13.1 Å². The zero-order chi connectivity index (χ0) is 32.7. The van der Waals surface area contributed by atoms with Gasteiger partial charge in [0.1, 0.15) is 5.75 Å². The average molecular weight is 673 g/mol. The van der Waals surface area contributed by atoms with Crippen LogP contribution in [-0.2, 0) is 21.9 Å². The number of ether oxygens (including phenoxy) is 1. The van der Waals surface area contributed by atoms with Crippen molar-refractivity contribution in [1.82, 2.24) is 4.72 Å². The molecular formula is C36H49ClN2O6S. The number of carbonyl (C=O) groups is 1. The number of hydrogen-bond acceptors (Lipinski definition) is 7. The second-order valence-corrected chi connectivity index (χ2v) is 17.0. The summed E-state index contributed by atoms with van der Waals surface area (Å²) in [5.74, 6) is 0.192. The van der Waals surface area contributed by atoms with E-state index in [9.17, 15) is 23.4 Å². The highest BCUT2D eigenvalue weighted by atomic mass is 35.5. The number of benzene rings is 2. The maximum Gasteiger partial charge on any atom is 0.264 e. The van der Waals surface area contributed by atoms with Crippen molar-refractivity contribution in [3.05, 3.63) is 58.1 Å². The molecule has 2 aromatic carbocycles. The molecule has 1 unspecified atom stereocenters. The molecule has 0 saturated heterocycles. The van der Waals surface area contributed by atoms with Crippen molar-refractivity contribution in [2.45, 2.75) is 101 Å². The maximum atomic E-state index is 13.5. The fourth-order valence-corrected chi connectivity index (χ4v) is 10.1. The monoisotopic (exact) mass is 672 g/mol. The predicted molar refractivity (Wildman–Crippen MR) is 181 cm³/mol. The highest BCUT2D eigenvalue weighted by Crippen LogP contribution is 2.50. The van der Waals surface area contributed by atoms with E-state index in [0.717, 1.165) is 49.2 Å². The third-order valence-corrected chi connectivity index (χ3v) is 13.8. The molecule has 1 spiro atoms. The number of carbonyl (C=O) groups excluding carboxylic acids is 1. The summed E-state index contributed by atoms with van der Waals surface area (Å²) >= 11 is 6.43. The number of hydrogen-bond donors (Lipinski definition) is 3. The Morgan fingerprint density at radius 3 is 2.65 bits per heavy atom. The number of fused-ring (bicyclic) bond motifs is 4. The topological polar surface area (TPSA) is 116 Å². The normalized spacial score (nSPS) is 32.7. The van der Waals surface area contributed by atoms with Crippen LogP contribution in [0.25, 0.3) is 0 Å². The van der Waals surface area contributed by atoms with Gasteiger partial charge in [0.2, 0.25) is 10.0 Å². The average Bonchev–Trinajstić information content (AvgIpc) is 3.15. The number of rotatable bonds is 4. The van der Waals surface area contributed by atoms with E-state index in [4.69, 9.17) is 16.3 Å². The molecule has 2 bridgehead atoms. The zero-order valence-electron chi connectivity index (χ0n) is 27.1. The van der Waals surface area contributed by atoms with Crippen molar-refractivity contribution in [3.63, 3.8) is 0 Å². The number of nitrogens with zero attached hydrogens (tertiary/aromatic N) is 1. The zero-order valence-corrected chi connectivity index (χ0v) is 28.7. The van der Waals surface area contributed by atoms with Gasteiger partial charge in [-0.05, 0) is 130 Å². The smallest absolute Gasteiger partial charge is 0.264 e. The lowest BCUT2D eigenvalue weighted by Crippen LogP contribution is -2.53. The van der Waals surface area contributed by atoms with Gasteiger partial charge in [0.15, 0.2) is 0 Å². The van der Waals surface area contributed by atoms with Crippen LogP contribution in [-0.4, -0.2) is 61.7 Å². The van der Waals surface area contributed by atoms with Gasteiger partial charge in [0, 0.05) is 35.7 Å². The van der Waals surface area contributed by atoms with Crippen LogP contribution in [0, 0.1) is 17.8 Å². The van der Waals surface area contributed by atoms with Crippen molar-refractivity contribution >= 4 is 33.2 Å². The van der Waals surface area contributed by atoms with E-state index in [2.05, 4.69) is 21.8 Å². The number of nitrogens with one attached hydrogen (secondary N) is 1. The predicted octanol–water partition coefficient (Wildman–Crippen LogP) is 6.00. The number of unbranched alkanes of at least 4 members (excludes halogenated alkanes) is 1. The molecular weight excluding hydrogens is 624 g/mol. The molecule has 252 valence electrons. The Morgan fingerprint density at radius 2 is 1.89 bits per heavy atom. The number of sulfonamides is 1. The Bertz CT molecular complexity index is 1550. The van der Waals surface area contributed by atoms with Crippen molar-refractivity contribution in [3.8, 4) is 5.75 Å². The van der Waals surface area contributed by atoms with Crippen molar-refractivity contribution in [2.75, 3.05) is 31.2 Å². The van der Waals surface area contributed by atoms with E-state index >= 15 is 0 Å². The molecule has 4 aliphatic rings. The molecule has 2 aromatic rings. The summed E-state index contributed by atoms with van der Waals surface area (Å²) in [4.78, 5) is 15.8. The Labute approximate surface area is 278 Å². The fourth-order valence-electron chi connectivity index (χ4n) is 8.62. The Balaban J connectivity index is 1.42. The number of aliphatic hydroxyl groups excluding tert-OH is 1. The number of anilines is 1. The first-order valence-corrected chi connectivity index (χ1v) is 19.1. The highest BCUT2D eigenvalue weighted by molar-refractivity contribution is 7.90. The van der Waals surface area contributed by atoms with E-state index in [1.54, 1.807) is 25.1 Å². The third kappa shape index (κ3) is 6.54. The van der Waals surface area contributed by atoms with Crippen LogP contribution in [0.2, 0.25) is 5.02 Å². The number of halogens is 1. The first-order chi connectivity index (χ1) is 21.9. The van der Waals surface area contributed by atoms with Crippen LogP contribution in [0.1, 0.15) is 99.5 Å². The minimum absolute atomic E-state index is 0.100. The van der Waals surface area contributed by atoms with Gasteiger partial charge in [0.05, 0.1) is 23.1 Å². The first-order valence-electron chi connectivity index (χ1n) is 17.1. The van der Waals surface area contributed by atoms with Gasteiger partial charge in [-0.15, -0.1) is 0 Å². The van der Waals surface area contributed by atoms with E-state index in [0.29, 0.717) is 57.6 Å². The van der Waals surface area contributed by atoms with Crippen LogP contribution >= 0.6 is 11.6 Å². The number of amides is 1. The quantitative estimate of drug-likeness (QED) is 0.341. The summed E-state index contributed by atoms with van der Waals surface area (Å²) in [6.07, 6.45) is 8.79. The van der Waals surface area contributed by atoms with Crippen LogP contribution in [0.5, 0.6) is 5.75 Å². The van der Waals surface area contributed by atoms with E-state index in [1.165, 1.54) is 11.1 Å². The molecule has 1 saturated carbocycles. The molecule has 1 fully saturated rings. The number of aryl methyl sites for hydroxylation is 1. The second-order valence-electron chi connectivity index (χ2n) is 14.6. The molecule has 46 heavy (non-hydrogen) atoms. The van der Waals surface area contributed by atoms with Gasteiger partial charge < -0.3 is 19.8 Å². The molecule has 10 heteroatoms. The summed E-state index contributed by atoms with van der Waals surface area (Å²) in [7, 11) is -3.94. The lowest BCUT2D eigenvalue weighted by Gasteiger charge is -2.50. The second kappa shape index (κ2) is 13.3. The van der Waals surface area contributed by atoms with Crippen molar-refractivity contribution < 1.29 is 28.2 Å². The Kier molecular flexibility index (Phi) is 9.70. The lowest BCUT2D eigenvalue weighted by molar-refractivity contribution is -0.0954. The molecule has 2 heterocycles. The van der Waals surface area contributed by atoms with E-state index in [-0.39, 0.29) is 35.3 Å². The SMILES string of the molecule is C[C@@H]1[C@@H](C)CCCC(O)(CCCCO)[C@@H]2CC[C@H]2CN2C[C@@]3(CCCc4cc(Cl)ccc43)COc3ccc(cc32)C(=O)NS1(=O)=O. The molecule has 6 rings (SSSR count). The molecule has 6 atom stereocenters. The third-order valence-electron chi connectivity index (χ3n) is 11.7. The minimum Gasteiger partial charge on any atom is -0.490 e. The van der Waals surface area contributed by atoms with Gasteiger partial charge in [0.25, 0.3) is 5.91 Å². The minimum atomic E-state index is -3.94. The van der Waals surface area contributed by atoms with Gasteiger partial charge >= 0.3 is 0 Å². The van der Waals surface area contributed by atoms with Crippen LogP contribution in [0.3, 0.4) is 0 Å². The largest absolute Gasteiger partial charge is 0.490 e. The van der Waals surface area contributed by atoms with Gasteiger partial charge in [-0.1, -0.05) is 31.0 Å². The fraction of sp³-hybridized carbons (Fsp3) is 0.639. The molecule has 2 aliphatic carbocycles. The summed E-state index contributed by atoms with van der Waals surface area (Å²) in [5, 5.41) is 21.8. The van der Waals surface area contributed by atoms with Crippen molar-refractivity contribution in [2.24, 2.45) is 17.8 Å². The highest BCUT2D eigenvalue weighted by Gasteiger charge is 2.48. The summed E-state index contributed by atoms with van der Waals surface area (Å²) < 4.78 is 35.7.